The molecule has 3 amide bonds. The Bertz CT molecular complexity index is 1800. The number of Topliss-reactive ketones (excluding diaryl/α,β-unsaturated/α-hetero) is 1. The molecular formula is C44H52F3N3O5S. The van der Waals surface area contributed by atoms with Gasteiger partial charge < -0.3 is 19.9 Å². The van der Waals surface area contributed by atoms with Gasteiger partial charge in [0, 0.05) is 37.3 Å². The largest absolute Gasteiger partial charge is 0.495 e. The number of rotatable bonds is 14. The first kappa shape index (κ1) is 41.3. The molecule has 3 aliphatic heterocycles. The Hall–Kier alpha value is -4.32. The van der Waals surface area contributed by atoms with Gasteiger partial charge in [0.2, 0.25) is 17.7 Å². The molecule has 3 aromatic rings. The first-order valence-electron chi connectivity index (χ1n) is 19.9. The number of benzene rings is 3. The van der Waals surface area contributed by atoms with Gasteiger partial charge in [-0.05, 0) is 93.2 Å². The van der Waals surface area contributed by atoms with E-state index in [2.05, 4.69) is 5.32 Å². The lowest BCUT2D eigenvalue weighted by Gasteiger charge is -2.39. The number of carbonyl (C=O) groups excluding carboxylic acids is 4. The standard InChI is InChI=1S/C44H52F3N3O5S/c1-55-39-18-9-8-17-37(39)49-24-11-10-16-36(43(49)54)48-41(52)33(27-31-14-6-3-7-15-31)20-19-32(26-30-12-4-2-5-13-30)38(51)28-34-23-25-56-40-22-21-35(44(45,46)47)29-50(40)42(34)53/h2-9,12-15,17-18,32-36,40H,10-11,16,19-29H2,1H3,(H,48,52)/t32?,33-,34-,35-,36?,40+/m1/s1. The van der Waals surface area contributed by atoms with E-state index in [0.717, 1.165) is 24.0 Å². The molecular weight excluding hydrogens is 740 g/mol. The summed E-state index contributed by atoms with van der Waals surface area (Å²) in [5, 5.41) is 2.79. The number of methoxy groups -OCH3 is 1. The molecule has 3 aliphatic rings. The Morgan fingerprint density at radius 2 is 1.46 bits per heavy atom. The Morgan fingerprint density at radius 3 is 2.14 bits per heavy atom. The van der Waals surface area contributed by atoms with Gasteiger partial charge in [-0.1, -0.05) is 72.8 Å². The van der Waals surface area contributed by atoms with E-state index in [0.29, 0.717) is 62.3 Å². The third kappa shape index (κ3) is 10.5. The summed E-state index contributed by atoms with van der Waals surface area (Å²) in [6, 6.07) is 25.9. The van der Waals surface area contributed by atoms with Crippen molar-refractivity contribution in [2.45, 2.75) is 88.2 Å². The van der Waals surface area contributed by atoms with Crippen LogP contribution in [-0.4, -0.2) is 71.9 Å². The second-order valence-electron chi connectivity index (χ2n) is 15.4. The highest BCUT2D eigenvalue weighted by atomic mass is 32.2. The molecule has 0 spiro atoms. The van der Waals surface area contributed by atoms with Gasteiger partial charge in [-0.2, -0.15) is 13.2 Å². The molecule has 56 heavy (non-hydrogen) atoms. The molecule has 0 aromatic heterocycles. The predicted molar refractivity (Wildman–Crippen MR) is 212 cm³/mol. The van der Waals surface area contributed by atoms with Crippen LogP contribution in [0.3, 0.4) is 0 Å². The molecule has 3 aromatic carbocycles. The Balaban J connectivity index is 1.19. The number of ketones is 1. The van der Waals surface area contributed by atoms with Crippen LogP contribution in [0.25, 0.3) is 0 Å². The van der Waals surface area contributed by atoms with Gasteiger partial charge in [-0.25, -0.2) is 0 Å². The fraction of sp³-hybridized carbons (Fsp3) is 0.500. The van der Waals surface area contributed by atoms with Crippen molar-refractivity contribution in [3.8, 4) is 5.75 Å². The van der Waals surface area contributed by atoms with Crippen LogP contribution in [0.1, 0.15) is 68.9 Å². The number of hydrogen-bond acceptors (Lipinski definition) is 6. The maximum absolute atomic E-state index is 14.3. The van der Waals surface area contributed by atoms with Crippen LogP contribution in [0.15, 0.2) is 84.9 Å². The minimum absolute atomic E-state index is 0.000354. The monoisotopic (exact) mass is 791 g/mol. The highest BCUT2D eigenvalue weighted by Gasteiger charge is 2.47. The first-order valence-corrected chi connectivity index (χ1v) is 20.9. The molecule has 0 radical (unpaired) electrons. The number of ether oxygens (including phenoxy) is 1. The van der Waals surface area contributed by atoms with Crippen molar-refractivity contribution >= 4 is 41.0 Å². The van der Waals surface area contributed by atoms with Crippen molar-refractivity contribution in [1.82, 2.24) is 10.2 Å². The van der Waals surface area contributed by atoms with Crippen LogP contribution in [0.5, 0.6) is 5.75 Å². The topological polar surface area (TPSA) is 96.0 Å². The van der Waals surface area contributed by atoms with Crippen LogP contribution in [0, 0.1) is 23.7 Å². The van der Waals surface area contributed by atoms with Gasteiger partial charge in [0.15, 0.2) is 0 Å². The van der Waals surface area contributed by atoms with Gasteiger partial charge in [-0.15, -0.1) is 11.8 Å². The number of hydrogen-bond donors (Lipinski definition) is 1. The van der Waals surface area contributed by atoms with Gasteiger partial charge >= 0.3 is 6.18 Å². The fourth-order valence-corrected chi connectivity index (χ4v) is 9.74. The molecule has 2 unspecified atom stereocenters. The van der Waals surface area contributed by atoms with Crippen molar-refractivity contribution in [3.05, 3.63) is 96.1 Å². The molecule has 12 heteroatoms. The van der Waals surface area contributed by atoms with E-state index in [4.69, 9.17) is 4.74 Å². The zero-order valence-electron chi connectivity index (χ0n) is 31.9. The van der Waals surface area contributed by atoms with E-state index in [-0.39, 0.29) is 54.7 Å². The number of para-hydroxylation sites is 2. The lowest BCUT2D eigenvalue weighted by Crippen LogP contribution is -2.50. The van der Waals surface area contributed by atoms with Crippen LogP contribution in [-0.2, 0) is 32.0 Å². The Morgan fingerprint density at radius 1 is 0.821 bits per heavy atom. The Kier molecular flexibility index (Phi) is 14.2. The molecule has 1 N–H and O–H groups in total. The molecule has 3 heterocycles. The molecule has 0 bridgehead atoms. The van der Waals surface area contributed by atoms with E-state index in [9.17, 15) is 32.3 Å². The van der Waals surface area contributed by atoms with Gasteiger partial charge in [0.05, 0.1) is 24.1 Å². The summed E-state index contributed by atoms with van der Waals surface area (Å²) in [6.07, 6.45) is -0.151. The SMILES string of the molecule is COc1ccccc1N1CCCCC(NC(=O)[C@H](CCC(Cc2ccccc2)C(=O)C[C@H]2CCS[C@H]3CC[C@@H](C(F)(F)F)CN3C2=O)Cc2ccccc2)C1=O. The van der Waals surface area contributed by atoms with E-state index in [1.54, 1.807) is 12.0 Å². The zero-order valence-corrected chi connectivity index (χ0v) is 32.7. The van der Waals surface area contributed by atoms with Gasteiger partial charge in [0.1, 0.15) is 17.6 Å². The number of carbonyl (C=O) groups is 4. The number of nitrogens with one attached hydrogen (secondary N) is 1. The second kappa shape index (κ2) is 19.2. The predicted octanol–water partition coefficient (Wildman–Crippen LogP) is 8.03. The minimum Gasteiger partial charge on any atom is -0.495 e. The number of fused-ring (bicyclic) bond motifs is 1. The fourth-order valence-electron chi connectivity index (χ4n) is 8.38. The summed E-state index contributed by atoms with van der Waals surface area (Å²) in [4.78, 5) is 59.5. The highest BCUT2D eigenvalue weighted by Crippen LogP contribution is 2.41. The van der Waals surface area contributed by atoms with E-state index < -0.39 is 35.9 Å². The number of halogens is 3. The van der Waals surface area contributed by atoms with Gasteiger partial charge in [-0.3, -0.25) is 19.2 Å². The van der Waals surface area contributed by atoms with Crippen molar-refractivity contribution in [3.63, 3.8) is 0 Å². The number of amides is 3. The molecule has 8 nitrogen and oxygen atoms in total. The summed E-state index contributed by atoms with van der Waals surface area (Å²) in [7, 11) is 1.56. The first-order chi connectivity index (χ1) is 27.0. The van der Waals surface area contributed by atoms with Crippen LogP contribution in [0.4, 0.5) is 18.9 Å². The molecule has 0 aliphatic carbocycles. The molecule has 3 fully saturated rings. The molecule has 6 atom stereocenters. The summed E-state index contributed by atoms with van der Waals surface area (Å²) in [5.74, 6) is -3.09. The molecule has 300 valence electrons. The summed E-state index contributed by atoms with van der Waals surface area (Å²) < 4.78 is 46.7. The number of nitrogens with zero attached hydrogens (tertiary/aromatic N) is 2. The van der Waals surface area contributed by atoms with E-state index in [1.165, 1.54) is 16.7 Å². The van der Waals surface area contributed by atoms with Crippen molar-refractivity contribution < 1.29 is 37.1 Å². The Labute approximate surface area is 331 Å². The normalized spacial score (nSPS) is 23.0. The quantitative estimate of drug-likeness (QED) is 0.178. The van der Waals surface area contributed by atoms with Crippen LogP contribution in [0.2, 0.25) is 0 Å². The van der Waals surface area contributed by atoms with Crippen LogP contribution >= 0.6 is 11.8 Å². The summed E-state index contributed by atoms with van der Waals surface area (Å²) in [5.41, 5.74) is 2.56. The van der Waals surface area contributed by atoms with Gasteiger partial charge in [0.25, 0.3) is 0 Å². The number of piperidine rings is 1. The smallest absolute Gasteiger partial charge is 0.393 e. The van der Waals surface area contributed by atoms with Crippen molar-refractivity contribution in [1.29, 1.82) is 0 Å². The number of alkyl halides is 3. The van der Waals surface area contributed by atoms with E-state index >= 15 is 0 Å². The minimum atomic E-state index is -4.38. The number of anilines is 1. The average molecular weight is 792 g/mol. The highest BCUT2D eigenvalue weighted by molar-refractivity contribution is 7.99. The third-order valence-electron chi connectivity index (χ3n) is 11.6. The van der Waals surface area contributed by atoms with Crippen LogP contribution < -0.4 is 15.0 Å². The average Bonchev–Trinajstić information content (AvgIpc) is 3.48. The molecule has 6 rings (SSSR count). The maximum Gasteiger partial charge on any atom is 0.393 e. The molecule has 0 saturated carbocycles. The summed E-state index contributed by atoms with van der Waals surface area (Å²) in [6.45, 7) is 0.139. The molecule has 3 saturated heterocycles. The lowest BCUT2D eigenvalue weighted by molar-refractivity contribution is -0.189. The van der Waals surface area contributed by atoms with E-state index in [1.807, 2.05) is 84.9 Å². The van der Waals surface area contributed by atoms with Crippen molar-refractivity contribution in [2.75, 3.05) is 30.9 Å². The zero-order chi connectivity index (χ0) is 39.7. The summed E-state index contributed by atoms with van der Waals surface area (Å²) >= 11 is 1.51. The van der Waals surface area contributed by atoms with Crippen molar-refractivity contribution in [2.24, 2.45) is 23.7 Å². The second-order valence-corrected chi connectivity index (χ2v) is 16.6. The maximum atomic E-state index is 14.3. The third-order valence-corrected chi connectivity index (χ3v) is 12.9. The number of thioether (sulfide) groups is 1. The lowest BCUT2D eigenvalue weighted by atomic mass is 9.82.